The maximum Gasteiger partial charge on any atom is 0.265 e. The number of nitrogens with one attached hydrogen (secondary N) is 1. The minimum absolute atomic E-state index is 0.275. The summed E-state index contributed by atoms with van der Waals surface area (Å²) < 4.78 is 12.9. The second-order valence-corrected chi connectivity index (χ2v) is 5.97. The lowest BCUT2D eigenvalue weighted by atomic mass is 9.97. The van der Waals surface area contributed by atoms with Crippen LogP contribution in [-0.2, 0) is 15.3 Å². The monoisotopic (exact) mass is 328 g/mol. The molecule has 0 saturated carbocycles. The third kappa shape index (κ3) is 3.65. The molecule has 1 N–H and O–H groups in total. The van der Waals surface area contributed by atoms with Crippen LogP contribution in [0.2, 0.25) is 0 Å². The van der Waals surface area contributed by atoms with E-state index in [-0.39, 0.29) is 16.9 Å². The summed E-state index contributed by atoms with van der Waals surface area (Å²) in [5.41, 5.74) is 1.51. The van der Waals surface area contributed by atoms with Gasteiger partial charge in [0.25, 0.3) is 5.91 Å². The zero-order valence-electron chi connectivity index (χ0n) is 12.0. The van der Waals surface area contributed by atoms with Crippen molar-refractivity contribution in [3.63, 3.8) is 0 Å². The first-order chi connectivity index (χ1) is 11.1. The molecular formula is C17H13FN2O2S. The Balaban J connectivity index is 1.70. The van der Waals surface area contributed by atoms with Crippen LogP contribution in [0.4, 0.5) is 4.39 Å². The van der Waals surface area contributed by atoms with Gasteiger partial charge in [-0.2, -0.15) is 4.99 Å². The van der Waals surface area contributed by atoms with Gasteiger partial charge in [0, 0.05) is 5.75 Å². The quantitative estimate of drug-likeness (QED) is 0.882. The van der Waals surface area contributed by atoms with E-state index in [1.165, 1.54) is 23.9 Å². The topological polar surface area (TPSA) is 58.5 Å². The first-order valence-corrected chi connectivity index (χ1v) is 7.97. The summed E-state index contributed by atoms with van der Waals surface area (Å²) in [6.07, 6.45) is 0. The molecule has 1 aliphatic heterocycles. The number of benzene rings is 2. The summed E-state index contributed by atoms with van der Waals surface area (Å²) in [5, 5.41) is 2.93. The van der Waals surface area contributed by atoms with Crippen LogP contribution in [0.1, 0.15) is 17.0 Å². The molecular weight excluding hydrogens is 315 g/mol. The largest absolute Gasteiger partial charge is 0.304 e. The average Bonchev–Trinajstić information content (AvgIpc) is 2.55. The van der Waals surface area contributed by atoms with Crippen molar-refractivity contribution in [1.29, 1.82) is 0 Å². The molecule has 0 spiro atoms. The van der Waals surface area contributed by atoms with E-state index in [2.05, 4.69) is 10.3 Å². The van der Waals surface area contributed by atoms with Gasteiger partial charge in [-0.15, -0.1) is 0 Å². The number of rotatable bonds is 3. The molecule has 1 unspecified atom stereocenters. The Morgan fingerprint density at radius 2 is 1.74 bits per heavy atom. The first-order valence-electron chi connectivity index (χ1n) is 6.99. The van der Waals surface area contributed by atoms with E-state index in [1.54, 1.807) is 36.4 Å². The number of thioether (sulfide) groups is 1. The predicted octanol–water partition coefficient (Wildman–Crippen LogP) is 2.86. The molecule has 0 aliphatic carbocycles. The summed E-state index contributed by atoms with van der Waals surface area (Å²) in [5.74, 6) is -1.56. The fourth-order valence-electron chi connectivity index (χ4n) is 2.22. The molecule has 23 heavy (non-hydrogen) atoms. The summed E-state index contributed by atoms with van der Waals surface area (Å²) in [4.78, 5) is 28.3. The van der Waals surface area contributed by atoms with Gasteiger partial charge in [0.15, 0.2) is 5.17 Å². The maximum absolute atomic E-state index is 12.9. The first kappa shape index (κ1) is 15.4. The van der Waals surface area contributed by atoms with Crippen LogP contribution < -0.4 is 5.32 Å². The molecule has 0 radical (unpaired) electrons. The highest BCUT2D eigenvalue weighted by atomic mass is 32.2. The highest BCUT2D eigenvalue weighted by molar-refractivity contribution is 8.13. The molecule has 4 nitrogen and oxygen atoms in total. The second kappa shape index (κ2) is 6.75. The second-order valence-electron chi connectivity index (χ2n) is 5.00. The number of nitrogens with zero attached hydrogens (tertiary/aromatic N) is 1. The van der Waals surface area contributed by atoms with Crippen molar-refractivity contribution in [1.82, 2.24) is 5.32 Å². The molecule has 6 heteroatoms. The van der Waals surface area contributed by atoms with Gasteiger partial charge in [-0.1, -0.05) is 54.2 Å². The van der Waals surface area contributed by atoms with E-state index in [9.17, 15) is 14.0 Å². The average molecular weight is 328 g/mol. The SMILES string of the molecule is O=C1N=C(SCc2ccc(F)cc2)NC(=O)C1c1ccccc1. The van der Waals surface area contributed by atoms with Gasteiger partial charge >= 0.3 is 0 Å². The minimum atomic E-state index is -0.897. The maximum atomic E-state index is 12.9. The van der Waals surface area contributed by atoms with Gasteiger partial charge in [0.05, 0.1) is 0 Å². The summed E-state index contributed by atoms with van der Waals surface area (Å²) in [6, 6.07) is 14.9. The smallest absolute Gasteiger partial charge is 0.265 e. The number of aliphatic imine (C=N–C) groups is 1. The number of hydrogen-bond donors (Lipinski definition) is 1. The van der Waals surface area contributed by atoms with E-state index < -0.39 is 11.8 Å². The van der Waals surface area contributed by atoms with Crippen LogP contribution in [0.5, 0.6) is 0 Å². The Bertz CT molecular complexity index is 760. The lowest BCUT2D eigenvalue weighted by molar-refractivity contribution is -0.129. The molecule has 1 atom stereocenters. The third-order valence-electron chi connectivity index (χ3n) is 3.37. The summed E-state index contributed by atoms with van der Waals surface area (Å²) in [7, 11) is 0. The predicted molar refractivity (Wildman–Crippen MR) is 87.5 cm³/mol. The van der Waals surface area contributed by atoms with E-state index in [4.69, 9.17) is 0 Å². The number of amides is 2. The normalized spacial score (nSPS) is 17.6. The Kier molecular flexibility index (Phi) is 4.52. The number of carbonyl (C=O) groups excluding carboxylic acids is 2. The van der Waals surface area contributed by atoms with Crippen LogP contribution in [0.25, 0.3) is 0 Å². The standard InChI is InChI=1S/C17H13FN2O2S/c18-13-8-6-11(7-9-13)10-23-17-19-15(21)14(16(22)20-17)12-4-2-1-3-5-12/h1-9,14H,10H2,(H,19,20,21,22). The van der Waals surface area contributed by atoms with Gasteiger partial charge in [-0.05, 0) is 23.3 Å². The highest BCUT2D eigenvalue weighted by Gasteiger charge is 2.33. The minimum Gasteiger partial charge on any atom is -0.304 e. The molecule has 116 valence electrons. The molecule has 2 amide bonds. The van der Waals surface area contributed by atoms with Crippen molar-refractivity contribution in [2.45, 2.75) is 11.7 Å². The van der Waals surface area contributed by atoms with Crippen molar-refractivity contribution in [2.75, 3.05) is 0 Å². The Morgan fingerprint density at radius 1 is 1.04 bits per heavy atom. The molecule has 0 bridgehead atoms. The molecule has 2 aromatic rings. The van der Waals surface area contributed by atoms with Gasteiger partial charge in [-0.25, -0.2) is 4.39 Å². The van der Waals surface area contributed by atoms with E-state index in [0.29, 0.717) is 11.3 Å². The summed E-state index contributed by atoms with van der Waals surface area (Å²) in [6.45, 7) is 0. The molecule has 1 aliphatic rings. The van der Waals surface area contributed by atoms with Crippen molar-refractivity contribution in [3.8, 4) is 0 Å². The van der Waals surface area contributed by atoms with Crippen LogP contribution in [0.15, 0.2) is 59.6 Å². The van der Waals surface area contributed by atoms with Crippen molar-refractivity contribution in [3.05, 3.63) is 71.5 Å². The summed E-state index contributed by atoms with van der Waals surface area (Å²) >= 11 is 1.24. The van der Waals surface area contributed by atoms with Gasteiger partial charge in [0.2, 0.25) is 5.91 Å². The molecule has 0 saturated heterocycles. The number of amidine groups is 1. The highest BCUT2D eigenvalue weighted by Crippen LogP contribution is 2.23. The van der Waals surface area contributed by atoms with Gasteiger partial charge in [0.1, 0.15) is 11.7 Å². The Hall–Kier alpha value is -2.47. The zero-order chi connectivity index (χ0) is 16.2. The third-order valence-corrected chi connectivity index (χ3v) is 4.32. The molecule has 2 aromatic carbocycles. The van der Waals surface area contributed by atoms with Crippen LogP contribution in [-0.4, -0.2) is 17.0 Å². The number of carbonyl (C=O) groups is 2. The van der Waals surface area contributed by atoms with Crippen molar-refractivity contribution >= 4 is 28.7 Å². The van der Waals surface area contributed by atoms with Crippen molar-refractivity contribution in [2.24, 2.45) is 4.99 Å². The van der Waals surface area contributed by atoms with Crippen LogP contribution in [0, 0.1) is 5.82 Å². The molecule has 1 heterocycles. The Labute approximate surface area is 136 Å². The lowest BCUT2D eigenvalue weighted by Crippen LogP contribution is -2.41. The van der Waals surface area contributed by atoms with Gasteiger partial charge < -0.3 is 5.32 Å². The number of halogens is 1. The zero-order valence-corrected chi connectivity index (χ0v) is 12.8. The van der Waals surface area contributed by atoms with Crippen molar-refractivity contribution < 1.29 is 14.0 Å². The fraction of sp³-hybridized carbons (Fsp3) is 0.118. The molecule has 0 fully saturated rings. The van der Waals surface area contributed by atoms with Crippen LogP contribution in [0.3, 0.4) is 0 Å². The van der Waals surface area contributed by atoms with Crippen LogP contribution >= 0.6 is 11.8 Å². The number of hydrogen-bond acceptors (Lipinski definition) is 3. The van der Waals surface area contributed by atoms with E-state index in [1.807, 2.05) is 6.07 Å². The molecule has 3 rings (SSSR count). The fourth-order valence-corrected chi connectivity index (χ4v) is 3.05. The van der Waals surface area contributed by atoms with E-state index >= 15 is 0 Å². The Morgan fingerprint density at radius 3 is 2.39 bits per heavy atom. The van der Waals surface area contributed by atoms with Gasteiger partial charge in [-0.3, -0.25) is 9.59 Å². The molecule has 0 aromatic heterocycles. The lowest BCUT2D eigenvalue weighted by Gasteiger charge is -2.19. The van der Waals surface area contributed by atoms with E-state index in [0.717, 1.165) is 5.56 Å².